The van der Waals surface area contributed by atoms with Crippen molar-refractivity contribution in [2.75, 3.05) is 5.32 Å². The van der Waals surface area contributed by atoms with Crippen molar-refractivity contribution in [1.29, 1.82) is 0 Å². The van der Waals surface area contributed by atoms with Crippen LogP contribution in [0, 0.1) is 0 Å². The van der Waals surface area contributed by atoms with Crippen molar-refractivity contribution in [1.82, 2.24) is 0 Å². The van der Waals surface area contributed by atoms with Crippen LogP contribution in [0.4, 0.5) is 5.69 Å². The van der Waals surface area contributed by atoms with Gasteiger partial charge in [0.1, 0.15) is 0 Å². The Hall–Kier alpha value is -1.81. The Kier molecular flexibility index (Phi) is 3.72. The molecule has 108 valence electrons. The van der Waals surface area contributed by atoms with Crippen molar-refractivity contribution in [3.05, 3.63) is 64.1 Å². The zero-order valence-electron chi connectivity index (χ0n) is 11.5. The van der Waals surface area contributed by atoms with Crippen LogP contribution in [0.2, 0.25) is 0 Å². The third kappa shape index (κ3) is 2.56. The van der Waals surface area contributed by atoms with Crippen LogP contribution in [0.5, 0.6) is 0 Å². The Morgan fingerprint density at radius 3 is 2.57 bits per heavy atom. The van der Waals surface area contributed by atoms with Gasteiger partial charge in [0.25, 0.3) is 0 Å². The van der Waals surface area contributed by atoms with E-state index in [0.717, 1.165) is 34.1 Å². The average Bonchev–Trinajstić information content (AvgIpc) is 2.50. The molecule has 2 N–H and O–H groups in total. The molecule has 0 amide bonds. The fraction of sp³-hybridized carbons (Fsp3) is 0.235. The first-order valence-electron chi connectivity index (χ1n) is 6.97. The SMILES string of the molecule is O=C(O)C1(Nc2ccc(Br)cc2)CCCc2ccccc21. The van der Waals surface area contributed by atoms with Gasteiger partial charge in [-0.1, -0.05) is 40.2 Å². The summed E-state index contributed by atoms with van der Waals surface area (Å²) in [7, 11) is 0. The maximum atomic E-state index is 12.0. The van der Waals surface area contributed by atoms with Crippen LogP contribution < -0.4 is 5.32 Å². The van der Waals surface area contributed by atoms with Crippen molar-refractivity contribution >= 4 is 27.6 Å². The van der Waals surface area contributed by atoms with Gasteiger partial charge in [-0.15, -0.1) is 0 Å². The third-order valence-electron chi connectivity index (χ3n) is 4.04. The van der Waals surface area contributed by atoms with Gasteiger partial charge in [-0.05, 0) is 54.7 Å². The first kappa shape index (κ1) is 14.1. The van der Waals surface area contributed by atoms with Gasteiger partial charge in [0.05, 0.1) is 0 Å². The number of hydrogen-bond acceptors (Lipinski definition) is 2. The number of carbonyl (C=O) groups is 1. The van der Waals surface area contributed by atoms with Gasteiger partial charge in [0, 0.05) is 10.2 Å². The molecule has 0 bridgehead atoms. The quantitative estimate of drug-likeness (QED) is 0.877. The lowest BCUT2D eigenvalue weighted by Crippen LogP contribution is -2.46. The zero-order chi connectivity index (χ0) is 14.9. The van der Waals surface area contributed by atoms with E-state index in [9.17, 15) is 9.90 Å². The molecule has 21 heavy (non-hydrogen) atoms. The minimum Gasteiger partial charge on any atom is -0.479 e. The molecule has 2 aromatic carbocycles. The maximum Gasteiger partial charge on any atom is 0.334 e. The molecule has 1 unspecified atom stereocenters. The van der Waals surface area contributed by atoms with E-state index in [1.54, 1.807) is 0 Å². The van der Waals surface area contributed by atoms with Crippen LogP contribution in [0.25, 0.3) is 0 Å². The molecular weight excluding hydrogens is 330 g/mol. The van der Waals surface area contributed by atoms with Gasteiger partial charge in [-0.2, -0.15) is 0 Å². The summed E-state index contributed by atoms with van der Waals surface area (Å²) in [5.41, 5.74) is 1.78. The highest BCUT2D eigenvalue weighted by Gasteiger charge is 2.43. The smallest absolute Gasteiger partial charge is 0.334 e. The first-order valence-corrected chi connectivity index (χ1v) is 7.77. The van der Waals surface area contributed by atoms with Crippen molar-refractivity contribution in [3.8, 4) is 0 Å². The van der Waals surface area contributed by atoms with Gasteiger partial charge in [0.2, 0.25) is 0 Å². The number of benzene rings is 2. The second kappa shape index (κ2) is 5.53. The van der Waals surface area contributed by atoms with E-state index >= 15 is 0 Å². The summed E-state index contributed by atoms with van der Waals surface area (Å²) in [6.07, 6.45) is 2.40. The highest BCUT2D eigenvalue weighted by Crippen LogP contribution is 2.38. The number of carboxylic acids is 1. The molecule has 0 fully saturated rings. The topological polar surface area (TPSA) is 49.3 Å². The van der Waals surface area contributed by atoms with Gasteiger partial charge >= 0.3 is 5.97 Å². The first-order chi connectivity index (χ1) is 10.1. The number of aliphatic carboxylic acids is 1. The molecule has 0 aromatic heterocycles. The highest BCUT2D eigenvalue weighted by atomic mass is 79.9. The Bertz CT molecular complexity index is 669. The second-order valence-corrected chi connectivity index (χ2v) is 6.27. The molecule has 1 aliphatic carbocycles. The molecule has 2 aromatic rings. The number of rotatable bonds is 3. The van der Waals surface area contributed by atoms with Crippen molar-refractivity contribution < 1.29 is 9.90 Å². The van der Waals surface area contributed by atoms with E-state index in [-0.39, 0.29) is 0 Å². The van der Waals surface area contributed by atoms with Crippen molar-refractivity contribution in [2.45, 2.75) is 24.8 Å². The van der Waals surface area contributed by atoms with Crippen molar-refractivity contribution in [2.24, 2.45) is 0 Å². The van der Waals surface area contributed by atoms with Crippen LogP contribution in [0.1, 0.15) is 24.0 Å². The largest absolute Gasteiger partial charge is 0.479 e. The number of hydrogen-bond donors (Lipinski definition) is 2. The summed E-state index contributed by atoms with van der Waals surface area (Å²) >= 11 is 3.39. The summed E-state index contributed by atoms with van der Waals surface area (Å²) in [6.45, 7) is 0. The van der Waals surface area contributed by atoms with Gasteiger partial charge < -0.3 is 10.4 Å². The molecule has 1 aliphatic rings. The Balaban J connectivity index is 2.05. The van der Waals surface area contributed by atoms with E-state index in [0.29, 0.717) is 6.42 Å². The van der Waals surface area contributed by atoms with E-state index in [4.69, 9.17) is 0 Å². The molecule has 0 saturated heterocycles. The predicted octanol–water partition coefficient (Wildman–Crippen LogP) is 4.18. The zero-order valence-corrected chi connectivity index (χ0v) is 13.1. The Morgan fingerprint density at radius 1 is 1.14 bits per heavy atom. The number of nitrogens with one attached hydrogen (secondary N) is 1. The number of aryl methyl sites for hydroxylation is 1. The fourth-order valence-corrected chi connectivity index (χ4v) is 3.28. The number of halogens is 1. The molecule has 3 nitrogen and oxygen atoms in total. The van der Waals surface area contributed by atoms with Gasteiger partial charge in [-0.25, -0.2) is 4.79 Å². The average molecular weight is 346 g/mol. The molecule has 0 saturated carbocycles. The van der Waals surface area contributed by atoms with Crippen LogP contribution in [-0.4, -0.2) is 11.1 Å². The molecular formula is C17H16BrNO2. The van der Waals surface area contributed by atoms with Gasteiger partial charge in [-0.3, -0.25) is 0 Å². The molecule has 0 aliphatic heterocycles. The summed E-state index contributed by atoms with van der Waals surface area (Å²) < 4.78 is 0.974. The molecule has 0 spiro atoms. The van der Waals surface area contributed by atoms with Crippen LogP contribution in [-0.2, 0) is 16.8 Å². The maximum absolute atomic E-state index is 12.0. The van der Waals surface area contributed by atoms with E-state index in [1.165, 1.54) is 0 Å². The van der Waals surface area contributed by atoms with E-state index < -0.39 is 11.5 Å². The highest BCUT2D eigenvalue weighted by molar-refractivity contribution is 9.10. The monoisotopic (exact) mass is 345 g/mol. The summed E-state index contributed by atoms with van der Waals surface area (Å²) in [6, 6.07) is 15.4. The van der Waals surface area contributed by atoms with Crippen molar-refractivity contribution in [3.63, 3.8) is 0 Å². The minimum absolute atomic E-state index is 0.593. The van der Waals surface area contributed by atoms with Crippen LogP contribution in [0.15, 0.2) is 53.0 Å². The predicted molar refractivity (Wildman–Crippen MR) is 86.5 cm³/mol. The summed E-state index contributed by atoms with van der Waals surface area (Å²) in [5, 5.41) is 13.1. The van der Waals surface area contributed by atoms with E-state index in [2.05, 4.69) is 21.2 Å². The summed E-state index contributed by atoms with van der Waals surface area (Å²) in [4.78, 5) is 12.0. The number of fused-ring (bicyclic) bond motifs is 1. The lowest BCUT2D eigenvalue weighted by atomic mass is 9.76. The second-order valence-electron chi connectivity index (χ2n) is 5.35. The molecule has 0 heterocycles. The Morgan fingerprint density at radius 2 is 1.86 bits per heavy atom. The summed E-state index contributed by atoms with van der Waals surface area (Å²) in [5.74, 6) is -0.822. The van der Waals surface area contributed by atoms with E-state index in [1.807, 2.05) is 48.5 Å². The molecule has 1 atom stereocenters. The number of carboxylic acid groups (broad SMARTS) is 1. The lowest BCUT2D eigenvalue weighted by Gasteiger charge is -2.37. The van der Waals surface area contributed by atoms with Crippen LogP contribution >= 0.6 is 15.9 Å². The Labute approximate surface area is 132 Å². The molecule has 3 rings (SSSR count). The standard InChI is InChI=1S/C17H16BrNO2/c18-13-7-9-14(10-8-13)19-17(16(20)21)11-3-5-12-4-1-2-6-15(12)17/h1-2,4,6-10,19H,3,5,11H2,(H,20,21). The normalized spacial score (nSPS) is 20.6. The lowest BCUT2D eigenvalue weighted by molar-refractivity contribution is -0.143. The fourth-order valence-electron chi connectivity index (χ4n) is 3.02. The minimum atomic E-state index is -1.04. The molecule has 4 heteroatoms. The van der Waals surface area contributed by atoms with Gasteiger partial charge in [0.15, 0.2) is 5.54 Å². The number of anilines is 1. The molecule has 0 radical (unpaired) electrons. The third-order valence-corrected chi connectivity index (χ3v) is 4.57. The van der Waals surface area contributed by atoms with Crippen LogP contribution in [0.3, 0.4) is 0 Å².